The number of furan rings is 1. The van der Waals surface area contributed by atoms with Gasteiger partial charge in [-0.25, -0.2) is 4.79 Å². The van der Waals surface area contributed by atoms with Crippen LogP contribution in [0.2, 0.25) is 0 Å². The highest BCUT2D eigenvalue weighted by Gasteiger charge is 2.30. The van der Waals surface area contributed by atoms with Crippen LogP contribution in [-0.2, 0) is 22.4 Å². The predicted molar refractivity (Wildman–Crippen MR) is 126 cm³/mol. The topological polar surface area (TPSA) is 104 Å². The standard InChI is InChI=1S/C25H25NO7S/c1-14-6-8-16-20(11-14)34-25(22(16)23(28)18-5-4-10-32-18)26-24(29)15-7-9-17(30-2)19(12-15)33-13-21(27)31-3/h4-5,7,9-10,12,14H,6,8,11,13H2,1-3H3,(H,26,29). The zero-order chi connectivity index (χ0) is 24.2. The number of amides is 1. The third-order valence-electron chi connectivity index (χ3n) is 5.71. The van der Waals surface area contributed by atoms with Crippen LogP contribution in [0.5, 0.6) is 11.5 Å². The van der Waals surface area contributed by atoms with E-state index in [4.69, 9.17) is 13.9 Å². The molecule has 1 N–H and O–H groups in total. The Bertz CT molecular complexity index is 1210. The van der Waals surface area contributed by atoms with Crippen molar-refractivity contribution in [2.24, 2.45) is 5.92 Å². The van der Waals surface area contributed by atoms with Crippen molar-refractivity contribution in [2.45, 2.75) is 26.2 Å². The van der Waals surface area contributed by atoms with E-state index in [1.54, 1.807) is 24.3 Å². The predicted octanol–water partition coefficient (Wildman–Crippen LogP) is 4.51. The molecular formula is C25H25NO7S. The maximum absolute atomic E-state index is 13.3. The Labute approximate surface area is 200 Å². The minimum absolute atomic E-state index is 0.228. The van der Waals surface area contributed by atoms with Gasteiger partial charge in [-0.3, -0.25) is 9.59 Å². The normalized spacial score (nSPS) is 14.7. The fraction of sp³-hybridized carbons (Fsp3) is 0.320. The number of hydrogen-bond donors (Lipinski definition) is 1. The van der Waals surface area contributed by atoms with Crippen LogP contribution in [0.15, 0.2) is 41.0 Å². The van der Waals surface area contributed by atoms with E-state index in [-0.39, 0.29) is 29.5 Å². The van der Waals surface area contributed by atoms with E-state index >= 15 is 0 Å². The van der Waals surface area contributed by atoms with E-state index in [2.05, 4.69) is 17.0 Å². The summed E-state index contributed by atoms with van der Waals surface area (Å²) in [6.07, 6.45) is 4.08. The van der Waals surface area contributed by atoms with Crippen molar-refractivity contribution in [1.82, 2.24) is 0 Å². The number of carbonyl (C=O) groups is 3. The lowest BCUT2D eigenvalue weighted by atomic mass is 9.87. The van der Waals surface area contributed by atoms with Crippen LogP contribution in [0.25, 0.3) is 0 Å². The van der Waals surface area contributed by atoms with E-state index in [1.807, 2.05) is 0 Å². The Hall–Kier alpha value is -3.59. The first-order valence-electron chi connectivity index (χ1n) is 10.8. The van der Waals surface area contributed by atoms with Gasteiger partial charge in [0.1, 0.15) is 5.00 Å². The van der Waals surface area contributed by atoms with Gasteiger partial charge in [-0.1, -0.05) is 6.92 Å². The molecule has 9 heteroatoms. The summed E-state index contributed by atoms with van der Waals surface area (Å²) in [7, 11) is 2.72. The molecule has 1 unspecified atom stereocenters. The summed E-state index contributed by atoms with van der Waals surface area (Å²) >= 11 is 1.43. The van der Waals surface area contributed by atoms with Gasteiger partial charge in [0.25, 0.3) is 5.91 Å². The number of benzene rings is 1. The highest BCUT2D eigenvalue weighted by molar-refractivity contribution is 7.17. The molecule has 2 heterocycles. The van der Waals surface area contributed by atoms with Crippen molar-refractivity contribution in [2.75, 3.05) is 26.1 Å². The van der Waals surface area contributed by atoms with Gasteiger partial charge in [-0.05, 0) is 61.1 Å². The van der Waals surface area contributed by atoms with Crippen molar-refractivity contribution >= 4 is 34.0 Å². The third kappa shape index (κ3) is 4.84. The van der Waals surface area contributed by atoms with Gasteiger partial charge in [-0.15, -0.1) is 11.3 Å². The van der Waals surface area contributed by atoms with Crippen LogP contribution in [0.1, 0.15) is 50.3 Å². The summed E-state index contributed by atoms with van der Waals surface area (Å²) < 4.78 is 20.7. The number of methoxy groups -OCH3 is 2. The fourth-order valence-corrected chi connectivity index (χ4v) is 5.31. The fourth-order valence-electron chi connectivity index (χ4n) is 3.91. The maximum Gasteiger partial charge on any atom is 0.343 e. The maximum atomic E-state index is 13.3. The molecule has 2 aromatic heterocycles. The summed E-state index contributed by atoms with van der Waals surface area (Å²) in [4.78, 5) is 39.0. The summed E-state index contributed by atoms with van der Waals surface area (Å²) in [5.41, 5.74) is 1.76. The van der Waals surface area contributed by atoms with Gasteiger partial charge < -0.3 is 23.9 Å². The Balaban J connectivity index is 1.64. The molecule has 1 atom stereocenters. The molecule has 1 aliphatic rings. The Morgan fingerprint density at radius 3 is 2.71 bits per heavy atom. The molecule has 0 saturated carbocycles. The Morgan fingerprint density at radius 2 is 2.00 bits per heavy atom. The number of carbonyl (C=O) groups excluding carboxylic acids is 3. The molecule has 0 aliphatic heterocycles. The lowest BCUT2D eigenvalue weighted by molar-refractivity contribution is -0.142. The smallest absolute Gasteiger partial charge is 0.343 e. The van der Waals surface area contributed by atoms with E-state index in [0.29, 0.717) is 22.2 Å². The molecule has 1 amide bonds. The summed E-state index contributed by atoms with van der Waals surface area (Å²) in [6.45, 7) is 1.86. The second kappa shape index (κ2) is 10.1. The van der Waals surface area contributed by atoms with E-state index in [0.717, 1.165) is 29.7 Å². The number of esters is 1. The van der Waals surface area contributed by atoms with Crippen LogP contribution < -0.4 is 14.8 Å². The number of nitrogens with one attached hydrogen (secondary N) is 1. The summed E-state index contributed by atoms with van der Waals surface area (Å²) in [6, 6.07) is 7.94. The lowest BCUT2D eigenvalue weighted by Crippen LogP contribution is -2.16. The number of ketones is 1. The lowest BCUT2D eigenvalue weighted by Gasteiger charge is -2.18. The first kappa shape index (κ1) is 23.6. The van der Waals surface area contributed by atoms with Crippen molar-refractivity contribution in [3.05, 3.63) is 63.9 Å². The first-order chi connectivity index (χ1) is 16.4. The van der Waals surface area contributed by atoms with Gasteiger partial charge in [0, 0.05) is 10.4 Å². The Kier molecular flexibility index (Phi) is 7.02. The monoisotopic (exact) mass is 483 g/mol. The van der Waals surface area contributed by atoms with Gasteiger partial charge >= 0.3 is 5.97 Å². The number of fused-ring (bicyclic) bond motifs is 1. The van der Waals surface area contributed by atoms with Crippen molar-refractivity contribution < 1.29 is 33.0 Å². The first-order valence-corrected chi connectivity index (χ1v) is 11.6. The molecule has 34 heavy (non-hydrogen) atoms. The van der Waals surface area contributed by atoms with Crippen molar-refractivity contribution in [3.63, 3.8) is 0 Å². The molecule has 1 aliphatic carbocycles. The number of thiophene rings is 1. The molecule has 1 aromatic carbocycles. The quantitative estimate of drug-likeness (QED) is 0.371. The summed E-state index contributed by atoms with van der Waals surface area (Å²) in [5.74, 6) is 0.128. The van der Waals surface area contributed by atoms with Crippen LogP contribution in [0.3, 0.4) is 0 Å². The zero-order valence-corrected chi connectivity index (χ0v) is 20.0. The average Bonchev–Trinajstić information content (AvgIpc) is 3.49. The van der Waals surface area contributed by atoms with E-state index in [9.17, 15) is 14.4 Å². The molecule has 8 nitrogen and oxygen atoms in total. The van der Waals surface area contributed by atoms with Gasteiger partial charge in [0.05, 0.1) is 26.0 Å². The molecule has 0 radical (unpaired) electrons. The SMILES string of the molecule is COC(=O)COc1cc(C(=O)Nc2sc3c(c2C(=O)c2ccco2)CCC(C)C3)ccc1OC. The minimum Gasteiger partial charge on any atom is -0.493 e. The second-order valence-corrected chi connectivity index (χ2v) is 9.15. The van der Waals surface area contributed by atoms with E-state index < -0.39 is 11.9 Å². The van der Waals surface area contributed by atoms with Crippen molar-refractivity contribution in [3.8, 4) is 11.5 Å². The number of anilines is 1. The molecule has 4 rings (SSSR count). The highest BCUT2D eigenvalue weighted by atomic mass is 32.1. The molecule has 0 bridgehead atoms. The number of ether oxygens (including phenoxy) is 3. The molecule has 3 aromatic rings. The number of hydrogen-bond acceptors (Lipinski definition) is 8. The largest absolute Gasteiger partial charge is 0.493 e. The minimum atomic E-state index is -0.559. The summed E-state index contributed by atoms with van der Waals surface area (Å²) in [5, 5.41) is 3.41. The van der Waals surface area contributed by atoms with Gasteiger partial charge in [0.2, 0.25) is 5.78 Å². The van der Waals surface area contributed by atoms with Crippen LogP contribution >= 0.6 is 11.3 Å². The highest BCUT2D eigenvalue weighted by Crippen LogP contribution is 2.41. The average molecular weight is 484 g/mol. The van der Waals surface area contributed by atoms with Gasteiger partial charge in [0.15, 0.2) is 23.9 Å². The van der Waals surface area contributed by atoms with Crippen LogP contribution in [0, 0.1) is 5.92 Å². The van der Waals surface area contributed by atoms with Gasteiger partial charge in [-0.2, -0.15) is 0 Å². The molecule has 0 spiro atoms. The van der Waals surface area contributed by atoms with Crippen LogP contribution in [0.4, 0.5) is 5.00 Å². The van der Waals surface area contributed by atoms with Crippen LogP contribution in [-0.4, -0.2) is 38.5 Å². The van der Waals surface area contributed by atoms with Crippen molar-refractivity contribution in [1.29, 1.82) is 0 Å². The Morgan fingerprint density at radius 1 is 1.18 bits per heavy atom. The molecule has 178 valence electrons. The zero-order valence-electron chi connectivity index (χ0n) is 19.1. The molecule has 0 saturated heterocycles. The van der Waals surface area contributed by atoms with E-state index in [1.165, 1.54) is 37.9 Å². The number of rotatable bonds is 8. The molecular weight excluding hydrogens is 458 g/mol. The molecule has 0 fully saturated rings. The second-order valence-electron chi connectivity index (χ2n) is 8.05. The third-order valence-corrected chi connectivity index (χ3v) is 6.88.